The molecule has 1 aromatic heterocycles. The van der Waals surface area contributed by atoms with Crippen molar-refractivity contribution in [2.75, 3.05) is 26.2 Å². The van der Waals surface area contributed by atoms with Crippen LogP contribution in [0.5, 0.6) is 0 Å². The number of benzene rings is 1. The average Bonchev–Trinajstić information content (AvgIpc) is 3.14. The third kappa shape index (κ3) is 3.79. The van der Waals surface area contributed by atoms with Crippen LogP contribution in [-0.2, 0) is 0 Å². The fourth-order valence-electron chi connectivity index (χ4n) is 4.36. The highest BCUT2D eigenvalue weighted by atomic mass is 16.2. The average molecular weight is 367 g/mol. The second-order valence-corrected chi connectivity index (χ2v) is 8.19. The highest BCUT2D eigenvalue weighted by Gasteiger charge is 2.30. The Morgan fingerprint density at radius 1 is 1.15 bits per heavy atom. The van der Waals surface area contributed by atoms with E-state index in [0.29, 0.717) is 11.8 Å². The van der Waals surface area contributed by atoms with Gasteiger partial charge in [-0.1, -0.05) is 19.1 Å². The van der Waals surface area contributed by atoms with Crippen LogP contribution in [0.3, 0.4) is 0 Å². The summed E-state index contributed by atoms with van der Waals surface area (Å²) in [4.78, 5) is 15.4. The number of hydrogen-bond donors (Lipinski definition) is 1. The first-order valence-electron chi connectivity index (χ1n) is 10.3. The van der Waals surface area contributed by atoms with Gasteiger partial charge in [-0.15, -0.1) is 0 Å². The number of likely N-dealkylation sites (tertiary alicyclic amines) is 1. The lowest BCUT2D eigenvalue weighted by atomic mass is 9.91. The quantitative estimate of drug-likeness (QED) is 0.904. The molecule has 2 saturated heterocycles. The van der Waals surface area contributed by atoms with E-state index in [1.165, 1.54) is 5.56 Å². The Bertz CT molecular complexity index is 798. The van der Waals surface area contributed by atoms with Gasteiger partial charge < -0.3 is 10.2 Å². The fraction of sp³-hybridized carbons (Fsp3) is 0.545. The summed E-state index contributed by atoms with van der Waals surface area (Å²) < 4.78 is 2.02. The molecule has 0 atom stereocenters. The van der Waals surface area contributed by atoms with Crippen LogP contribution in [0.25, 0.3) is 5.69 Å². The largest absolute Gasteiger partial charge is 0.339 e. The number of hydrogen-bond acceptors (Lipinski definition) is 3. The summed E-state index contributed by atoms with van der Waals surface area (Å²) in [7, 11) is 0. The zero-order valence-electron chi connectivity index (χ0n) is 16.4. The number of nitrogens with one attached hydrogen (secondary N) is 1. The van der Waals surface area contributed by atoms with Gasteiger partial charge >= 0.3 is 0 Å². The van der Waals surface area contributed by atoms with Crippen LogP contribution in [0.1, 0.15) is 60.1 Å². The summed E-state index contributed by atoms with van der Waals surface area (Å²) in [5.41, 5.74) is 4.16. The number of aromatic nitrogens is 2. The molecule has 2 aliphatic heterocycles. The predicted octanol–water partition coefficient (Wildman–Crippen LogP) is 3.52. The number of carbonyl (C=O) groups is 1. The normalized spacial score (nSPS) is 19.4. The predicted molar refractivity (Wildman–Crippen MR) is 107 cm³/mol. The zero-order chi connectivity index (χ0) is 18.8. The van der Waals surface area contributed by atoms with Crippen LogP contribution >= 0.6 is 0 Å². The van der Waals surface area contributed by atoms with Crippen molar-refractivity contribution in [1.82, 2.24) is 20.0 Å². The maximum absolute atomic E-state index is 13.3. The van der Waals surface area contributed by atoms with Crippen molar-refractivity contribution in [3.05, 3.63) is 47.3 Å². The molecule has 0 unspecified atom stereocenters. The van der Waals surface area contributed by atoms with Crippen molar-refractivity contribution in [3.63, 3.8) is 0 Å². The lowest BCUT2D eigenvalue weighted by Gasteiger charge is -2.31. The summed E-state index contributed by atoms with van der Waals surface area (Å²) in [6.07, 6.45) is 6.10. The first kappa shape index (κ1) is 18.2. The number of aryl methyl sites for hydroxylation is 1. The Balaban J connectivity index is 1.71. The molecule has 0 radical (unpaired) electrons. The van der Waals surface area contributed by atoms with Crippen LogP contribution in [0.4, 0.5) is 0 Å². The molecule has 0 saturated carbocycles. The topological polar surface area (TPSA) is 50.2 Å². The standard InChI is InChI=1S/C22H30N4O/c1-16-8-12-25(13-9-16)22(27)20-15-24-26(19-5-3-4-17(2)14-19)21(20)18-6-10-23-11-7-18/h3-5,14-16,18,23H,6-13H2,1-2H3. The van der Waals surface area contributed by atoms with E-state index in [1.54, 1.807) is 6.20 Å². The monoisotopic (exact) mass is 366 g/mol. The van der Waals surface area contributed by atoms with E-state index in [9.17, 15) is 4.79 Å². The Labute approximate surface area is 161 Å². The number of carbonyl (C=O) groups excluding carboxylic acids is 1. The Morgan fingerprint density at radius 3 is 2.59 bits per heavy atom. The Kier molecular flexibility index (Phi) is 5.30. The molecular formula is C22H30N4O. The van der Waals surface area contributed by atoms with Crippen molar-refractivity contribution in [3.8, 4) is 5.69 Å². The molecule has 5 heteroatoms. The maximum Gasteiger partial charge on any atom is 0.257 e. The summed E-state index contributed by atoms with van der Waals surface area (Å²) in [6.45, 7) is 8.09. The Hall–Kier alpha value is -2.14. The summed E-state index contributed by atoms with van der Waals surface area (Å²) in [6, 6.07) is 8.39. The van der Waals surface area contributed by atoms with Gasteiger partial charge in [0.05, 0.1) is 23.1 Å². The van der Waals surface area contributed by atoms with E-state index in [1.807, 2.05) is 9.58 Å². The van der Waals surface area contributed by atoms with Crippen LogP contribution in [-0.4, -0.2) is 46.8 Å². The molecule has 4 rings (SSSR count). The lowest BCUT2D eigenvalue weighted by Crippen LogP contribution is -2.38. The van der Waals surface area contributed by atoms with E-state index in [-0.39, 0.29) is 5.91 Å². The van der Waals surface area contributed by atoms with Gasteiger partial charge in [-0.2, -0.15) is 5.10 Å². The smallest absolute Gasteiger partial charge is 0.257 e. The van der Waals surface area contributed by atoms with Crippen molar-refractivity contribution < 1.29 is 4.79 Å². The molecule has 1 amide bonds. The van der Waals surface area contributed by atoms with Crippen LogP contribution < -0.4 is 5.32 Å². The van der Waals surface area contributed by atoms with Gasteiger partial charge in [0, 0.05) is 19.0 Å². The van der Waals surface area contributed by atoms with Crippen molar-refractivity contribution in [2.45, 2.75) is 45.4 Å². The van der Waals surface area contributed by atoms with Crippen molar-refractivity contribution in [1.29, 1.82) is 0 Å². The molecule has 5 nitrogen and oxygen atoms in total. The lowest BCUT2D eigenvalue weighted by molar-refractivity contribution is 0.0695. The second kappa shape index (κ2) is 7.85. The summed E-state index contributed by atoms with van der Waals surface area (Å²) in [5, 5.41) is 8.12. The highest BCUT2D eigenvalue weighted by molar-refractivity contribution is 5.95. The number of nitrogens with zero attached hydrogens (tertiary/aromatic N) is 3. The summed E-state index contributed by atoms with van der Waals surface area (Å²) in [5.74, 6) is 1.25. The number of piperidine rings is 2. The molecule has 144 valence electrons. The van der Waals surface area contributed by atoms with Gasteiger partial charge in [-0.05, 0) is 69.3 Å². The minimum atomic E-state index is 0.161. The first-order valence-corrected chi connectivity index (χ1v) is 10.3. The highest BCUT2D eigenvalue weighted by Crippen LogP contribution is 2.31. The fourth-order valence-corrected chi connectivity index (χ4v) is 4.36. The van der Waals surface area contributed by atoms with Gasteiger partial charge in [0.1, 0.15) is 0 Å². The molecule has 0 aliphatic carbocycles. The molecule has 1 aromatic carbocycles. The van der Waals surface area contributed by atoms with Crippen molar-refractivity contribution in [2.24, 2.45) is 5.92 Å². The van der Waals surface area contributed by atoms with Crippen LogP contribution in [0, 0.1) is 12.8 Å². The minimum absolute atomic E-state index is 0.161. The third-order valence-corrected chi connectivity index (χ3v) is 6.08. The van der Waals surface area contributed by atoms with Crippen LogP contribution in [0.15, 0.2) is 30.5 Å². The SMILES string of the molecule is Cc1cccc(-n2ncc(C(=O)N3CCC(C)CC3)c2C2CCNCC2)c1. The second-order valence-electron chi connectivity index (χ2n) is 8.19. The minimum Gasteiger partial charge on any atom is -0.339 e. The number of amides is 1. The Morgan fingerprint density at radius 2 is 1.89 bits per heavy atom. The summed E-state index contributed by atoms with van der Waals surface area (Å²) >= 11 is 0. The molecule has 2 aromatic rings. The molecule has 0 bridgehead atoms. The molecule has 27 heavy (non-hydrogen) atoms. The third-order valence-electron chi connectivity index (χ3n) is 6.08. The van der Waals surface area contributed by atoms with E-state index < -0.39 is 0 Å². The van der Waals surface area contributed by atoms with Gasteiger partial charge in [0.2, 0.25) is 0 Å². The van der Waals surface area contributed by atoms with E-state index in [2.05, 4.69) is 48.5 Å². The molecular weight excluding hydrogens is 336 g/mol. The molecule has 3 heterocycles. The van der Waals surface area contributed by atoms with Crippen molar-refractivity contribution >= 4 is 5.91 Å². The van der Waals surface area contributed by atoms with E-state index in [4.69, 9.17) is 0 Å². The molecule has 0 spiro atoms. The van der Waals surface area contributed by atoms with E-state index >= 15 is 0 Å². The number of rotatable bonds is 3. The van der Waals surface area contributed by atoms with Gasteiger partial charge in [0.25, 0.3) is 5.91 Å². The van der Waals surface area contributed by atoms with Gasteiger partial charge in [-0.25, -0.2) is 4.68 Å². The first-order chi connectivity index (χ1) is 13.1. The van der Waals surface area contributed by atoms with E-state index in [0.717, 1.165) is 68.8 Å². The van der Waals surface area contributed by atoms with Crippen LogP contribution in [0.2, 0.25) is 0 Å². The van der Waals surface area contributed by atoms with Gasteiger partial charge in [0.15, 0.2) is 0 Å². The molecule has 2 fully saturated rings. The zero-order valence-corrected chi connectivity index (χ0v) is 16.4. The molecule has 2 aliphatic rings. The van der Waals surface area contributed by atoms with Gasteiger partial charge in [-0.3, -0.25) is 4.79 Å². The maximum atomic E-state index is 13.3. The molecule has 1 N–H and O–H groups in total.